The first-order valence-electron chi connectivity index (χ1n) is 7.44. The molecular weight excluding hydrogens is 269 g/mol. The molecule has 2 aromatic rings. The molecule has 0 atom stereocenters. The Kier molecular flexibility index (Phi) is 4.36. The molecule has 4 heteroatoms. The molecule has 3 nitrogen and oxygen atoms in total. The van der Waals surface area contributed by atoms with Gasteiger partial charge in [0, 0.05) is 18.2 Å². The van der Waals surface area contributed by atoms with Gasteiger partial charge in [-0.3, -0.25) is 0 Å². The number of nitrogens with one attached hydrogen (secondary N) is 1. The fraction of sp³-hybridized carbons (Fsp3) is 0.412. The molecular formula is C17H20FNO2. The molecule has 1 aromatic carbocycles. The number of benzene rings is 1. The third-order valence-corrected chi connectivity index (χ3v) is 3.85. The lowest BCUT2D eigenvalue weighted by Gasteiger charge is -2.35. The van der Waals surface area contributed by atoms with E-state index in [1.165, 1.54) is 12.1 Å². The Morgan fingerprint density at radius 2 is 1.95 bits per heavy atom. The topological polar surface area (TPSA) is 34.4 Å². The van der Waals surface area contributed by atoms with Crippen LogP contribution < -0.4 is 5.32 Å². The predicted molar refractivity (Wildman–Crippen MR) is 79.4 cm³/mol. The van der Waals surface area contributed by atoms with Crippen LogP contribution in [0.15, 0.2) is 40.8 Å². The fourth-order valence-corrected chi connectivity index (χ4v) is 2.59. The average Bonchev–Trinajstić information content (AvgIpc) is 2.91. The molecule has 0 bridgehead atoms. The zero-order valence-corrected chi connectivity index (χ0v) is 12.1. The molecule has 1 fully saturated rings. The summed E-state index contributed by atoms with van der Waals surface area (Å²) in [5.74, 6) is 1.43. The van der Waals surface area contributed by atoms with Gasteiger partial charge in [0.05, 0.1) is 12.6 Å². The predicted octanol–water partition coefficient (Wildman–Crippen LogP) is 3.74. The second-order valence-corrected chi connectivity index (χ2v) is 5.40. The van der Waals surface area contributed by atoms with Gasteiger partial charge in [-0.2, -0.15) is 0 Å². The smallest absolute Gasteiger partial charge is 0.134 e. The lowest BCUT2D eigenvalue weighted by Crippen LogP contribution is -2.45. The Balaban J connectivity index is 1.51. The Bertz CT molecular complexity index is 573. The molecule has 0 saturated heterocycles. The number of hydrogen-bond acceptors (Lipinski definition) is 3. The van der Waals surface area contributed by atoms with E-state index in [-0.39, 0.29) is 5.82 Å². The third-order valence-electron chi connectivity index (χ3n) is 3.85. The van der Waals surface area contributed by atoms with Crippen LogP contribution >= 0.6 is 0 Å². The molecule has 0 aliphatic heterocycles. The lowest BCUT2D eigenvalue weighted by molar-refractivity contribution is -0.0105. The first-order valence-corrected chi connectivity index (χ1v) is 7.44. The van der Waals surface area contributed by atoms with Crippen molar-refractivity contribution in [2.75, 3.05) is 6.61 Å². The molecule has 1 heterocycles. The number of ether oxygens (including phenoxy) is 1. The maximum absolute atomic E-state index is 12.9. The second-order valence-electron chi connectivity index (χ2n) is 5.40. The number of rotatable bonds is 6. The van der Waals surface area contributed by atoms with Gasteiger partial charge in [-0.05, 0) is 56.2 Å². The van der Waals surface area contributed by atoms with Crippen LogP contribution in [0.3, 0.4) is 0 Å². The highest BCUT2D eigenvalue weighted by atomic mass is 19.1. The van der Waals surface area contributed by atoms with E-state index in [2.05, 4.69) is 5.32 Å². The van der Waals surface area contributed by atoms with Crippen molar-refractivity contribution in [1.82, 2.24) is 5.32 Å². The van der Waals surface area contributed by atoms with Gasteiger partial charge in [-0.15, -0.1) is 0 Å². The molecule has 112 valence electrons. The zero-order valence-electron chi connectivity index (χ0n) is 12.1. The van der Waals surface area contributed by atoms with Crippen LogP contribution in [0.1, 0.15) is 25.5 Å². The lowest BCUT2D eigenvalue weighted by atomic mass is 9.89. The molecule has 1 aromatic heterocycles. The van der Waals surface area contributed by atoms with Gasteiger partial charge in [0.25, 0.3) is 0 Å². The van der Waals surface area contributed by atoms with Crippen molar-refractivity contribution in [3.8, 4) is 11.3 Å². The van der Waals surface area contributed by atoms with Crippen molar-refractivity contribution in [2.45, 2.75) is 38.5 Å². The summed E-state index contributed by atoms with van der Waals surface area (Å²) in [7, 11) is 0. The SMILES string of the molecule is CCOC1CC(NCc2ccc(-c3ccc(F)cc3)o2)C1. The number of hydrogen-bond donors (Lipinski definition) is 1. The maximum Gasteiger partial charge on any atom is 0.134 e. The summed E-state index contributed by atoms with van der Waals surface area (Å²) in [4.78, 5) is 0. The Morgan fingerprint density at radius 3 is 2.67 bits per heavy atom. The van der Waals surface area contributed by atoms with Gasteiger partial charge < -0.3 is 14.5 Å². The zero-order chi connectivity index (χ0) is 14.7. The largest absolute Gasteiger partial charge is 0.460 e. The minimum absolute atomic E-state index is 0.235. The van der Waals surface area contributed by atoms with Crippen LogP contribution in [0.4, 0.5) is 4.39 Å². The van der Waals surface area contributed by atoms with Crippen LogP contribution in [0.2, 0.25) is 0 Å². The van der Waals surface area contributed by atoms with Crippen LogP contribution in [-0.4, -0.2) is 18.8 Å². The second kappa shape index (κ2) is 6.41. The van der Waals surface area contributed by atoms with Crippen molar-refractivity contribution >= 4 is 0 Å². The summed E-state index contributed by atoms with van der Waals surface area (Å²) in [6, 6.07) is 10.7. The Hall–Kier alpha value is -1.65. The van der Waals surface area contributed by atoms with Gasteiger partial charge in [-0.25, -0.2) is 4.39 Å². The van der Waals surface area contributed by atoms with Crippen LogP contribution in [0.25, 0.3) is 11.3 Å². The van der Waals surface area contributed by atoms with Gasteiger partial charge >= 0.3 is 0 Å². The summed E-state index contributed by atoms with van der Waals surface area (Å²) in [5, 5.41) is 3.46. The van der Waals surface area contributed by atoms with Crippen molar-refractivity contribution < 1.29 is 13.5 Å². The van der Waals surface area contributed by atoms with E-state index < -0.39 is 0 Å². The van der Waals surface area contributed by atoms with Crippen LogP contribution in [0, 0.1) is 5.82 Å². The normalized spacial score (nSPS) is 21.2. The van der Waals surface area contributed by atoms with Gasteiger partial charge in [-0.1, -0.05) is 0 Å². The van der Waals surface area contributed by atoms with Gasteiger partial charge in [0.1, 0.15) is 17.3 Å². The molecule has 0 unspecified atom stereocenters. The van der Waals surface area contributed by atoms with E-state index >= 15 is 0 Å². The molecule has 0 radical (unpaired) electrons. The quantitative estimate of drug-likeness (QED) is 0.879. The van der Waals surface area contributed by atoms with Crippen molar-refractivity contribution in [1.29, 1.82) is 0 Å². The monoisotopic (exact) mass is 289 g/mol. The van der Waals surface area contributed by atoms with Crippen molar-refractivity contribution in [3.63, 3.8) is 0 Å². The minimum atomic E-state index is -0.235. The summed E-state index contributed by atoms with van der Waals surface area (Å²) in [6.45, 7) is 3.53. The number of halogens is 1. The molecule has 3 rings (SSSR count). The number of furan rings is 1. The molecule has 1 aliphatic rings. The molecule has 0 spiro atoms. The maximum atomic E-state index is 12.9. The first kappa shape index (κ1) is 14.3. The molecule has 1 saturated carbocycles. The Labute approximate surface area is 124 Å². The van der Waals surface area contributed by atoms with Crippen LogP contribution in [-0.2, 0) is 11.3 Å². The van der Waals surface area contributed by atoms with E-state index in [9.17, 15) is 4.39 Å². The van der Waals surface area contributed by atoms with E-state index in [0.717, 1.165) is 36.5 Å². The first-order chi connectivity index (χ1) is 10.2. The van der Waals surface area contributed by atoms with E-state index in [4.69, 9.17) is 9.15 Å². The highest BCUT2D eigenvalue weighted by Crippen LogP contribution is 2.25. The van der Waals surface area contributed by atoms with Crippen molar-refractivity contribution in [2.24, 2.45) is 0 Å². The third kappa shape index (κ3) is 3.52. The summed E-state index contributed by atoms with van der Waals surface area (Å²) >= 11 is 0. The molecule has 0 amide bonds. The average molecular weight is 289 g/mol. The summed E-state index contributed by atoms with van der Waals surface area (Å²) in [5.41, 5.74) is 0.891. The Morgan fingerprint density at radius 1 is 1.19 bits per heavy atom. The van der Waals surface area contributed by atoms with Crippen molar-refractivity contribution in [3.05, 3.63) is 48.0 Å². The van der Waals surface area contributed by atoms with E-state index in [1.807, 2.05) is 19.1 Å². The van der Waals surface area contributed by atoms with Gasteiger partial charge in [0.15, 0.2) is 0 Å². The van der Waals surface area contributed by atoms with Gasteiger partial charge in [0.2, 0.25) is 0 Å². The molecule has 21 heavy (non-hydrogen) atoms. The standard InChI is InChI=1S/C17H20FNO2/c1-2-20-16-9-14(10-16)19-11-15-7-8-17(21-15)12-3-5-13(18)6-4-12/h3-8,14,16,19H,2,9-11H2,1H3. The van der Waals surface area contributed by atoms with Crippen LogP contribution in [0.5, 0.6) is 0 Å². The minimum Gasteiger partial charge on any atom is -0.460 e. The summed E-state index contributed by atoms with van der Waals surface area (Å²) in [6.07, 6.45) is 2.55. The molecule has 1 aliphatic carbocycles. The fourth-order valence-electron chi connectivity index (χ4n) is 2.59. The highest BCUT2D eigenvalue weighted by molar-refractivity contribution is 5.57. The highest BCUT2D eigenvalue weighted by Gasteiger charge is 2.29. The molecule has 1 N–H and O–H groups in total. The van der Waals surface area contributed by atoms with E-state index in [0.29, 0.717) is 18.7 Å². The summed E-state index contributed by atoms with van der Waals surface area (Å²) < 4.78 is 24.2. The van der Waals surface area contributed by atoms with E-state index in [1.54, 1.807) is 12.1 Å².